The number of rotatable bonds is 2. The molecule has 0 aromatic rings. The van der Waals surface area contributed by atoms with E-state index in [1.807, 2.05) is 0 Å². The molecule has 0 aliphatic heterocycles. The first-order valence-electron chi connectivity index (χ1n) is 2.70. The third kappa shape index (κ3) is 6.29. The Kier molecular flexibility index (Phi) is 3.65. The number of nitrogens with one attached hydrogen (secondary N) is 1. The molecule has 0 aromatic heterocycles. The fraction of sp³-hybridized carbons (Fsp3) is 0.400. The molecule has 62 valence electrons. The molecule has 0 rings (SSSR count). The Morgan fingerprint density at radius 2 is 2.00 bits per heavy atom. The summed E-state index contributed by atoms with van der Waals surface area (Å²) in [4.78, 5) is 34.3. The normalized spacial score (nSPS) is 8.45. The van der Waals surface area contributed by atoms with Gasteiger partial charge >= 0.3 is 11.9 Å². The molecule has 0 spiro atoms. The number of carbonyl (C=O) groups excluding carboxylic acids is 2. The van der Waals surface area contributed by atoms with Gasteiger partial charge in [-0.1, -0.05) is 0 Å². The first kappa shape index (κ1) is 9.41. The zero-order valence-electron chi connectivity index (χ0n) is 5.79. The van der Waals surface area contributed by atoms with Crippen LogP contribution in [0.15, 0.2) is 0 Å². The standard InChI is InChI=1S/C5H7NO5/c1-3(7)6-11-5(10)2-4(8)9/h2H2,1H3,(H,6,7)(H,8,9). The predicted molar refractivity (Wildman–Crippen MR) is 32.2 cm³/mol. The lowest BCUT2D eigenvalue weighted by atomic mass is 10.5. The number of hydrogen-bond acceptors (Lipinski definition) is 4. The lowest BCUT2D eigenvalue weighted by Gasteiger charge is -1.99. The van der Waals surface area contributed by atoms with E-state index in [0.717, 1.165) is 6.92 Å². The summed E-state index contributed by atoms with van der Waals surface area (Å²) < 4.78 is 0. The highest BCUT2D eigenvalue weighted by molar-refractivity contribution is 5.90. The summed E-state index contributed by atoms with van der Waals surface area (Å²) in [5.74, 6) is -2.88. The molecule has 0 fully saturated rings. The maximum absolute atomic E-state index is 10.3. The molecular weight excluding hydrogens is 154 g/mol. The molecule has 0 saturated heterocycles. The zero-order valence-corrected chi connectivity index (χ0v) is 5.79. The number of hydrogen-bond donors (Lipinski definition) is 2. The van der Waals surface area contributed by atoms with E-state index in [1.165, 1.54) is 0 Å². The average molecular weight is 161 g/mol. The van der Waals surface area contributed by atoms with E-state index in [9.17, 15) is 14.4 Å². The van der Waals surface area contributed by atoms with Crippen LogP contribution >= 0.6 is 0 Å². The topological polar surface area (TPSA) is 92.7 Å². The van der Waals surface area contributed by atoms with Crippen molar-refractivity contribution in [2.24, 2.45) is 0 Å². The van der Waals surface area contributed by atoms with Crippen molar-refractivity contribution in [2.45, 2.75) is 13.3 Å². The van der Waals surface area contributed by atoms with Crippen molar-refractivity contribution in [3.63, 3.8) is 0 Å². The summed E-state index contributed by atoms with van der Waals surface area (Å²) in [6.45, 7) is 1.13. The van der Waals surface area contributed by atoms with Gasteiger partial charge in [0, 0.05) is 6.92 Å². The van der Waals surface area contributed by atoms with E-state index in [2.05, 4.69) is 4.84 Å². The second-order valence-electron chi connectivity index (χ2n) is 1.70. The monoisotopic (exact) mass is 161 g/mol. The zero-order chi connectivity index (χ0) is 8.85. The van der Waals surface area contributed by atoms with E-state index >= 15 is 0 Å². The first-order chi connectivity index (χ1) is 5.02. The number of carboxylic acid groups (broad SMARTS) is 1. The van der Waals surface area contributed by atoms with E-state index in [1.54, 1.807) is 5.48 Å². The summed E-state index contributed by atoms with van der Waals surface area (Å²) in [7, 11) is 0. The van der Waals surface area contributed by atoms with Crippen molar-refractivity contribution >= 4 is 17.8 Å². The number of carboxylic acids is 1. The number of hydroxylamine groups is 1. The number of aliphatic carboxylic acids is 1. The highest BCUT2D eigenvalue weighted by atomic mass is 16.7. The largest absolute Gasteiger partial charge is 0.481 e. The van der Waals surface area contributed by atoms with Gasteiger partial charge in [-0.25, -0.2) is 4.79 Å². The van der Waals surface area contributed by atoms with Crippen molar-refractivity contribution in [1.29, 1.82) is 0 Å². The van der Waals surface area contributed by atoms with Crippen molar-refractivity contribution in [3.8, 4) is 0 Å². The molecule has 11 heavy (non-hydrogen) atoms. The Morgan fingerprint density at radius 3 is 2.36 bits per heavy atom. The van der Waals surface area contributed by atoms with Crippen LogP contribution in [-0.2, 0) is 19.2 Å². The number of carbonyl (C=O) groups is 3. The predicted octanol–water partition coefficient (Wildman–Crippen LogP) is -0.945. The molecule has 0 bridgehead atoms. The van der Waals surface area contributed by atoms with E-state index < -0.39 is 24.3 Å². The van der Waals surface area contributed by atoms with Crippen LogP contribution in [0.25, 0.3) is 0 Å². The van der Waals surface area contributed by atoms with Crippen LogP contribution in [0.4, 0.5) is 0 Å². The number of amides is 1. The minimum absolute atomic E-state index is 0.566. The minimum Gasteiger partial charge on any atom is -0.481 e. The second kappa shape index (κ2) is 4.26. The van der Waals surface area contributed by atoms with Crippen LogP contribution in [0.3, 0.4) is 0 Å². The third-order valence-corrected chi connectivity index (χ3v) is 0.604. The maximum atomic E-state index is 10.3. The lowest BCUT2D eigenvalue weighted by Crippen LogP contribution is -2.25. The molecule has 0 aliphatic carbocycles. The maximum Gasteiger partial charge on any atom is 0.343 e. The quantitative estimate of drug-likeness (QED) is 0.402. The fourth-order valence-corrected chi connectivity index (χ4v) is 0.288. The van der Waals surface area contributed by atoms with E-state index in [-0.39, 0.29) is 0 Å². The lowest BCUT2D eigenvalue weighted by molar-refractivity contribution is -0.161. The molecule has 0 atom stereocenters. The van der Waals surface area contributed by atoms with Gasteiger partial charge in [-0.2, -0.15) is 5.48 Å². The van der Waals surface area contributed by atoms with Crippen LogP contribution in [0.1, 0.15) is 13.3 Å². The van der Waals surface area contributed by atoms with Gasteiger partial charge in [0.1, 0.15) is 6.42 Å². The Morgan fingerprint density at radius 1 is 1.45 bits per heavy atom. The molecule has 1 amide bonds. The molecule has 0 aromatic carbocycles. The Labute approximate surface area is 62.1 Å². The fourth-order valence-electron chi connectivity index (χ4n) is 0.288. The smallest absolute Gasteiger partial charge is 0.343 e. The first-order valence-corrected chi connectivity index (χ1v) is 2.70. The van der Waals surface area contributed by atoms with Crippen molar-refractivity contribution < 1.29 is 24.3 Å². The molecule has 2 N–H and O–H groups in total. The van der Waals surface area contributed by atoms with E-state index in [0.29, 0.717) is 0 Å². The van der Waals surface area contributed by atoms with Gasteiger partial charge in [0.25, 0.3) is 0 Å². The summed E-state index contributed by atoms with van der Waals surface area (Å²) in [6, 6.07) is 0. The van der Waals surface area contributed by atoms with Crippen molar-refractivity contribution in [1.82, 2.24) is 5.48 Å². The van der Waals surface area contributed by atoms with Gasteiger partial charge < -0.3 is 9.94 Å². The van der Waals surface area contributed by atoms with Gasteiger partial charge in [0.2, 0.25) is 5.91 Å². The molecule has 0 saturated carbocycles. The van der Waals surface area contributed by atoms with Crippen LogP contribution in [0.5, 0.6) is 0 Å². The SMILES string of the molecule is CC(=O)NOC(=O)CC(=O)O. The molecule has 0 aliphatic rings. The van der Waals surface area contributed by atoms with Gasteiger partial charge in [-0.3, -0.25) is 9.59 Å². The van der Waals surface area contributed by atoms with Crippen LogP contribution in [-0.4, -0.2) is 23.0 Å². The van der Waals surface area contributed by atoms with Crippen LogP contribution in [0.2, 0.25) is 0 Å². The Bertz CT molecular complexity index is 187. The summed E-state index contributed by atoms with van der Waals surface area (Å²) in [5.41, 5.74) is 1.70. The van der Waals surface area contributed by atoms with Crippen LogP contribution in [0, 0.1) is 0 Å². The van der Waals surface area contributed by atoms with Gasteiger partial charge in [0.05, 0.1) is 0 Å². The van der Waals surface area contributed by atoms with Gasteiger partial charge in [-0.05, 0) is 0 Å². The molecule has 0 radical (unpaired) electrons. The summed E-state index contributed by atoms with van der Waals surface area (Å²) >= 11 is 0. The molecular formula is C5H7NO5. The Balaban J connectivity index is 3.53. The third-order valence-electron chi connectivity index (χ3n) is 0.604. The van der Waals surface area contributed by atoms with Gasteiger partial charge in [0.15, 0.2) is 0 Å². The molecule has 0 unspecified atom stereocenters. The molecule has 6 heteroatoms. The van der Waals surface area contributed by atoms with Gasteiger partial charge in [-0.15, -0.1) is 0 Å². The van der Waals surface area contributed by atoms with Crippen molar-refractivity contribution in [3.05, 3.63) is 0 Å². The highest BCUT2D eigenvalue weighted by Gasteiger charge is 2.08. The summed E-state index contributed by atoms with van der Waals surface area (Å²) in [6.07, 6.45) is -0.764. The second-order valence-corrected chi connectivity index (χ2v) is 1.70. The molecule has 0 heterocycles. The van der Waals surface area contributed by atoms with Crippen LogP contribution < -0.4 is 5.48 Å². The van der Waals surface area contributed by atoms with E-state index in [4.69, 9.17) is 5.11 Å². The van der Waals surface area contributed by atoms with Crippen molar-refractivity contribution in [2.75, 3.05) is 0 Å². The Hall–Kier alpha value is -1.59. The average Bonchev–Trinajstić information content (AvgIpc) is 1.82. The summed E-state index contributed by atoms with van der Waals surface area (Å²) in [5, 5.41) is 8.04. The molecule has 6 nitrogen and oxygen atoms in total. The highest BCUT2D eigenvalue weighted by Crippen LogP contribution is 1.82. The minimum atomic E-state index is -1.31.